The van der Waals surface area contributed by atoms with Gasteiger partial charge >= 0.3 is 5.97 Å². The average molecular weight is 409 g/mol. The Bertz CT molecular complexity index is 1080. The average Bonchev–Trinajstić information content (AvgIpc) is 2.97. The molecule has 1 saturated heterocycles. The van der Waals surface area contributed by atoms with E-state index in [-0.39, 0.29) is 39.5 Å². The van der Waals surface area contributed by atoms with Crippen LogP contribution in [0.4, 0.5) is 11.4 Å². The third-order valence-electron chi connectivity index (χ3n) is 3.97. The van der Waals surface area contributed by atoms with E-state index in [1.54, 1.807) is 30.3 Å². The maximum atomic E-state index is 12.8. The van der Waals surface area contributed by atoms with Crippen LogP contribution in [0.1, 0.15) is 15.9 Å². The number of hydrogen-bond donors (Lipinski definition) is 1. The van der Waals surface area contributed by atoms with Crippen LogP contribution in [0.25, 0.3) is 6.08 Å². The summed E-state index contributed by atoms with van der Waals surface area (Å²) in [6, 6.07) is 12.3. The molecular weight excluding hydrogens is 394 g/mol. The van der Waals surface area contributed by atoms with Gasteiger partial charge in [0.1, 0.15) is 0 Å². The van der Waals surface area contributed by atoms with Gasteiger partial charge in [-0.05, 0) is 36.0 Å². The van der Waals surface area contributed by atoms with Crippen LogP contribution in [0.2, 0.25) is 0 Å². The van der Waals surface area contributed by atoms with Crippen molar-refractivity contribution in [2.45, 2.75) is 0 Å². The first-order valence-electron chi connectivity index (χ1n) is 8.39. The lowest BCUT2D eigenvalue weighted by Crippen LogP contribution is -2.29. The van der Waals surface area contributed by atoms with E-state index < -0.39 is 10.9 Å². The van der Waals surface area contributed by atoms with E-state index in [0.717, 1.165) is 11.8 Å². The molecule has 29 heavy (non-hydrogen) atoms. The lowest BCUT2D eigenvalue weighted by molar-refractivity contribution is -0.385. The topological polar surface area (TPSA) is 113 Å². The molecule has 9 heteroatoms. The summed E-state index contributed by atoms with van der Waals surface area (Å²) in [5, 5.41) is 20.8. The largest absolute Gasteiger partial charge is 0.478 e. The number of nitro groups is 1. The monoisotopic (exact) mass is 409 g/mol. The van der Waals surface area contributed by atoms with Gasteiger partial charge in [-0.1, -0.05) is 30.3 Å². The second kappa shape index (κ2) is 8.53. The van der Waals surface area contributed by atoms with Crippen LogP contribution in [-0.2, 0) is 4.79 Å². The van der Waals surface area contributed by atoms with Crippen LogP contribution in [-0.4, -0.2) is 38.5 Å². The predicted octanol–water partition coefficient (Wildman–Crippen LogP) is 4.08. The zero-order valence-electron chi connectivity index (χ0n) is 15.0. The molecule has 0 atom stereocenters. The van der Waals surface area contributed by atoms with Gasteiger partial charge in [0.05, 0.1) is 26.6 Å². The number of para-hydroxylation sites is 2. The van der Waals surface area contributed by atoms with Crippen molar-refractivity contribution in [2.24, 2.45) is 4.99 Å². The van der Waals surface area contributed by atoms with Gasteiger partial charge in [-0.2, -0.15) is 0 Å². The third-order valence-corrected chi connectivity index (χ3v) is 4.98. The molecule has 1 N–H and O–H groups in total. The van der Waals surface area contributed by atoms with Crippen molar-refractivity contribution in [1.82, 2.24) is 4.90 Å². The van der Waals surface area contributed by atoms with Crippen LogP contribution in [0.15, 0.2) is 71.1 Å². The molecule has 1 heterocycles. The van der Waals surface area contributed by atoms with Crippen molar-refractivity contribution >= 4 is 46.3 Å². The van der Waals surface area contributed by atoms with Crippen LogP contribution in [0, 0.1) is 10.1 Å². The molecule has 2 aromatic rings. The molecule has 0 aromatic heterocycles. The van der Waals surface area contributed by atoms with E-state index >= 15 is 0 Å². The minimum Gasteiger partial charge on any atom is -0.478 e. The Labute approximate surface area is 170 Å². The molecule has 0 aliphatic carbocycles. The Kier molecular flexibility index (Phi) is 5.89. The fourth-order valence-corrected chi connectivity index (χ4v) is 3.65. The minimum atomic E-state index is -1.13. The number of rotatable bonds is 6. The molecule has 0 spiro atoms. The molecule has 2 aromatic carbocycles. The van der Waals surface area contributed by atoms with Crippen LogP contribution in [0.3, 0.4) is 0 Å². The molecule has 0 saturated carbocycles. The molecule has 146 valence electrons. The zero-order valence-corrected chi connectivity index (χ0v) is 15.8. The Balaban J connectivity index is 2.05. The molecule has 1 aliphatic heterocycles. The molecule has 1 aliphatic rings. The molecule has 3 rings (SSSR count). The van der Waals surface area contributed by atoms with Crippen LogP contribution < -0.4 is 0 Å². The van der Waals surface area contributed by atoms with Crippen molar-refractivity contribution < 1.29 is 19.6 Å². The van der Waals surface area contributed by atoms with Crippen LogP contribution in [0.5, 0.6) is 0 Å². The number of carboxylic acids is 1. The highest BCUT2D eigenvalue weighted by molar-refractivity contribution is 8.18. The molecule has 1 amide bonds. The number of nitrogens with zero attached hydrogens (tertiary/aromatic N) is 3. The maximum absolute atomic E-state index is 12.8. The standard InChI is InChI=1S/C20H15N3O5S/c1-2-11-22-18(24)17(12-13-7-3-6-10-16(13)23(27)28)29-20(22)21-15-9-5-4-8-14(15)19(25)26/h2-10,12H,1,11H2,(H,25,26)/b17-12-,21-20?. The smallest absolute Gasteiger partial charge is 0.337 e. The van der Waals surface area contributed by atoms with E-state index in [0.29, 0.717) is 5.56 Å². The fraction of sp³-hybridized carbons (Fsp3) is 0.0500. The quantitative estimate of drug-likeness (QED) is 0.333. The van der Waals surface area contributed by atoms with Gasteiger partial charge in [0.2, 0.25) is 0 Å². The number of aliphatic imine (C=N–C) groups is 1. The van der Waals surface area contributed by atoms with E-state index in [9.17, 15) is 24.8 Å². The van der Waals surface area contributed by atoms with E-state index in [1.807, 2.05) is 0 Å². The third kappa shape index (κ3) is 4.25. The van der Waals surface area contributed by atoms with Crippen molar-refractivity contribution in [3.05, 3.63) is 87.3 Å². The summed E-state index contributed by atoms with van der Waals surface area (Å²) in [5.74, 6) is -1.52. The zero-order chi connectivity index (χ0) is 21.0. The maximum Gasteiger partial charge on any atom is 0.337 e. The fourth-order valence-electron chi connectivity index (χ4n) is 2.65. The van der Waals surface area contributed by atoms with Gasteiger partial charge in [-0.3, -0.25) is 19.8 Å². The SMILES string of the molecule is C=CCN1C(=O)/C(=C/c2ccccc2[N+](=O)[O-])SC1=Nc1ccccc1C(=O)O. The highest BCUT2D eigenvalue weighted by atomic mass is 32.2. The number of nitro benzene ring substituents is 1. The molecule has 0 unspecified atom stereocenters. The van der Waals surface area contributed by atoms with Crippen molar-refractivity contribution in [3.63, 3.8) is 0 Å². The van der Waals surface area contributed by atoms with E-state index in [2.05, 4.69) is 11.6 Å². The van der Waals surface area contributed by atoms with Gasteiger partial charge < -0.3 is 5.11 Å². The van der Waals surface area contributed by atoms with Gasteiger partial charge in [0.25, 0.3) is 11.6 Å². The Morgan fingerprint density at radius 3 is 2.62 bits per heavy atom. The second-order valence-electron chi connectivity index (χ2n) is 5.85. The number of thioether (sulfide) groups is 1. The van der Waals surface area contributed by atoms with Gasteiger partial charge in [-0.25, -0.2) is 9.79 Å². The number of carboxylic acid groups (broad SMARTS) is 1. The van der Waals surface area contributed by atoms with Gasteiger partial charge in [-0.15, -0.1) is 6.58 Å². The summed E-state index contributed by atoms with van der Waals surface area (Å²) in [4.78, 5) is 40.9. The van der Waals surface area contributed by atoms with Gasteiger partial charge in [0, 0.05) is 12.6 Å². The Hall–Kier alpha value is -3.72. The normalized spacial score (nSPS) is 16.4. The first kappa shape index (κ1) is 20.0. The summed E-state index contributed by atoms with van der Waals surface area (Å²) >= 11 is 1.02. The van der Waals surface area contributed by atoms with Crippen molar-refractivity contribution in [1.29, 1.82) is 0 Å². The second-order valence-corrected chi connectivity index (χ2v) is 6.86. The molecule has 0 radical (unpaired) electrons. The highest BCUT2D eigenvalue weighted by Crippen LogP contribution is 2.36. The van der Waals surface area contributed by atoms with E-state index in [4.69, 9.17) is 0 Å². The van der Waals surface area contributed by atoms with Crippen molar-refractivity contribution in [3.8, 4) is 0 Å². The molecule has 0 bridgehead atoms. The first-order chi connectivity index (χ1) is 13.9. The Morgan fingerprint density at radius 2 is 1.93 bits per heavy atom. The lowest BCUT2D eigenvalue weighted by atomic mass is 10.1. The summed E-state index contributed by atoms with van der Waals surface area (Å²) in [6.45, 7) is 3.79. The summed E-state index contributed by atoms with van der Waals surface area (Å²) < 4.78 is 0. The molecule has 1 fully saturated rings. The lowest BCUT2D eigenvalue weighted by Gasteiger charge is -2.13. The summed E-state index contributed by atoms with van der Waals surface area (Å²) in [7, 11) is 0. The number of carbonyl (C=O) groups is 2. The number of amides is 1. The van der Waals surface area contributed by atoms with E-state index in [1.165, 1.54) is 35.3 Å². The summed E-state index contributed by atoms with van der Waals surface area (Å²) in [5.41, 5.74) is 0.378. The molecular formula is C20H15N3O5S. The number of benzene rings is 2. The predicted molar refractivity (Wildman–Crippen MR) is 111 cm³/mol. The number of carbonyl (C=O) groups excluding carboxylic acids is 1. The highest BCUT2D eigenvalue weighted by Gasteiger charge is 2.33. The molecule has 8 nitrogen and oxygen atoms in total. The number of aromatic carboxylic acids is 1. The number of amidine groups is 1. The minimum absolute atomic E-state index is 0.00253. The van der Waals surface area contributed by atoms with Crippen LogP contribution >= 0.6 is 11.8 Å². The number of hydrogen-bond acceptors (Lipinski definition) is 6. The first-order valence-corrected chi connectivity index (χ1v) is 9.20. The summed E-state index contributed by atoms with van der Waals surface area (Å²) in [6.07, 6.45) is 2.96. The van der Waals surface area contributed by atoms with Gasteiger partial charge in [0.15, 0.2) is 5.17 Å². The van der Waals surface area contributed by atoms with Crippen molar-refractivity contribution in [2.75, 3.05) is 6.54 Å². The Morgan fingerprint density at radius 1 is 1.24 bits per heavy atom.